The van der Waals surface area contributed by atoms with Gasteiger partial charge in [-0.3, -0.25) is 5.10 Å². The molecule has 0 fully saturated rings. The van der Waals surface area contributed by atoms with Crippen LogP contribution in [0.4, 0.5) is 0 Å². The molecule has 1 aromatic carbocycles. The van der Waals surface area contributed by atoms with E-state index in [1.807, 2.05) is 0 Å². The molecule has 0 aliphatic rings. The van der Waals surface area contributed by atoms with Crippen LogP contribution in [-0.2, 0) is 26.6 Å². The third kappa shape index (κ3) is 3.53. The van der Waals surface area contributed by atoms with Crippen LogP contribution in [0.2, 0.25) is 0 Å². The van der Waals surface area contributed by atoms with Crippen LogP contribution in [-0.4, -0.2) is 27.0 Å². The molecule has 0 saturated carbocycles. The minimum Gasteiger partial charge on any atom is -0.281 e. The molecule has 0 spiro atoms. The zero-order valence-corrected chi connectivity index (χ0v) is 13.6. The molecule has 0 atom stereocenters. The molecule has 1 aromatic heterocycles. The number of hydrogen-bond donors (Lipinski definition) is 3. The van der Waals surface area contributed by atoms with Crippen LogP contribution in [0.1, 0.15) is 17.0 Å². The number of primary sulfonamides is 1. The van der Waals surface area contributed by atoms with Gasteiger partial charge in [0.05, 0.1) is 16.3 Å². The summed E-state index contributed by atoms with van der Waals surface area (Å²) >= 11 is 0. The Morgan fingerprint density at radius 3 is 2.18 bits per heavy atom. The van der Waals surface area contributed by atoms with Gasteiger partial charge in [0.2, 0.25) is 20.0 Å². The van der Waals surface area contributed by atoms with Gasteiger partial charge in [0.25, 0.3) is 0 Å². The van der Waals surface area contributed by atoms with Crippen molar-refractivity contribution in [2.24, 2.45) is 5.14 Å². The summed E-state index contributed by atoms with van der Waals surface area (Å²) in [5.41, 5.74) is 1.44. The summed E-state index contributed by atoms with van der Waals surface area (Å²) in [5, 5.41) is 11.5. The van der Waals surface area contributed by atoms with Crippen LogP contribution < -0.4 is 9.86 Å². The lowest BCUT2D eigenvalue weighted by molar-refractivity contribution is 0.579. The number of aromatic amines is 1. The van der Waals surface area contributed by atoms with Gasteiger partial charge in [0.15, 0.2) is 0 Å². The molecule has 120 valence electrons. The molecule has 1 heterocycles. The predicted octanol–water partition coefficient (Wildman–Crippen LogP) is 0.152. The molecule has 0 saturated heterocycles. The van der Waals surface area contributed by atoms with E-state index in [9.17, 15) is 16.8 Å². The zero-order valence-electron chi connectivity index (χ0n) is 12.0. The summed E-state index contributed by atoms with van der Waals surface area (Å²) in [6, 6.07) is 5.65. The summed E-state index contributed by atoms with van der Waals surface area (Å²) in [4.78, 5) is 0.0919. The first-order valence-corrected chi connectivity index (χ1v) is 9.27. The van der Waals surface area contributed by atoms with Gasteiger partial charge in [-0.15, -0.1) is 0 Å². The van der Waals surface area contributed by atoms with E-state index >= 15 is 0 Å². The maximum absolute atomic E-state index is 12.2. The second-order valence-electron chi connectivity index (χ2n) is 4.78. The Morgan fingerprint density at radius 2 is 1.73 bits per heavy atom. The van der Waals surface area contributed by atoms with Crippen molar-refractivity contribution in [2.45, 2.75) is 30.2 Å². The molecule has 0 aliphatic heterocycles. The second-order valence-corrected chi connectivity index (χ2v) is 8.04. The first-order valence-electron chi connectivity index (χ1n) is 6.24. The first-order chi connectivity index (χ1) is 10.1. The van der Waals surface area contributed by atoms with Crippen LogP contribution in [0.25, 0.3) is 0 Å². The fraction of sp³-hybridized carbons (Fsp3) is 0.250. The van der Waals surface area contributed by atoms with Crippen molar-refractivity contribution in [1.82, 2.24) is 14.9 Å². The van der Waals surface area contributed by atoms with Gasteiger partial charge in [0.1, 0.15) is 4.90 Å². The number of rotatable bonds is 5. The van der Waals surface area contributed by atoms with Crippen LogP contribution in [0.15, 0.2) is 34.1 Å². The minimum atomic E-state index is -3.76. The molecule has 0 bridgehead atoms. The number of aromatic nitrogens is 2. The van der Waals surface area contributed by atoms with Crippen molar-refractivity contribution in [3.05, 3.63) is 41.2 Å². The van der Waals surface area contributed by atoms with E-state index in [1.165, 1.54) is 24.3 Å². The average Bonchev–Trinajstić information content (AvgIpc) is 2.76. The van der Waals surface area contributed by atoms with Crippen LogP contribution in [0.3, 0.4) is 0 Å². The SMILES string of the molecule is Cc1n[nH]c(C)c1S(=O)(=O)NCc1ccc(S(N)(=O)=O)cc1. The van der Waals surface area contributed by atoms with Gasteiger partial charge in [0, 0.05) is 6.54 Å². The first kappa shape index (κ1) is 16.6. The van der Waals surface area contributed by atoms with E-state index in [1.54, 1.807) is 13.8 Å². The highest BCUT2D eigenvalue weighted by atomic mass is 32.2. The maximum Gasteiger partial charge on any atom is 0.244 e. The number of sulfonamides is 2. The zero-order chi connectivity index (χ0) is 16.5. The van der Waals surface area contributed by atoms with Crippen molar-refractivity contribution in [2.75, 3.05) is 0 Å². The third-order valence-electron chi connectivity index (χ3n) is 3.05. The number of nitrogens with one attached hydrogen (secondary N) is 2. The number of aryl methyl sites for hydroxylation is 2. The summed E-state index contributed by atoms with van der Waals surface area (Å²) < 4.78 is 49.2. The van der Waals surface area contributed by atoms with E-state index in [2.05, 4.69) is 14.9 Å². The Hall–Kier alpha value is -1.75. The maximum atomic E-state index is 12.2. The lowest BCUT2D eigenvalue weighted by Crippen LogP contribution is -2.24. The Labute approximate surface area is 128 Å². The highest BCUT2D eigenvalue weighted by molar-refractivity contribution is 7.89. The molecule has 0 amide bonds. The van der Waals surface area contributed by atoms with Crippen molar-refractivity contribution in [3.8, 4) is 0 Å². The second kappa shape index (κ2) is 5.80. The van der Waals surface area contributed by atoms with Crippen molar-refractivity contribution in [3.63, 3.8) is 0 Å². The number of benzene rings is 1. The van der Waals surface area contributed by atoms with Gasteiger partial charge in [-0.05, 0) is 31.5 Å². The Balaban J connectivity index is 2.16. The highest BCUT2D eigenvalue weighted by Crippen LogP contribution is 2.17. The largest absolute Gasteiger partial charge is 0.281 e. The smallest absolute Gasteiger partial charge is 0.244 e. The predicted molar refractivity (Wildman–Crippen MR) is 79.9 cm³/mol. The highest BCUT2D eigenvalue weighted by Gasteiger charge is 2.21. The van der Waals surface area contributed by atoms with Crippen LogP contribution in [0, 0.1) is 13.8 Å². The summed E-state index contributed by atoms with van der Waals surface area (Å²) in [6.07, 6.45) is 0. The van der Waals surface area contributed by atoms with Crippen molar-refractivity contribution in [1.29, 1.82) is 0 Å². The molecule has 4 N–H and O–H groups in total. The summed E-state index contributed by atoms with van der Waals surface area (Å²) in [7, 11) is -7.46. The molecule has 2 aromatic rings. The quantitative estimate of drug-likeness (QED) is 0.709. The summed E-state index contributed by atoms with van der Waals surface area (Å²) in [6.45, 7) is 3.24. The number of nitrogens with two attached hydrogens (primary N) is 1. The standard InChI is InChI=1S/C12H16N4O4S2/c1-8-12(9(2)16-15-8)22(19,20)14-7-10-3-5-11(6-4-10)21(13,17)18/h3-6,14H,7H2,1-2H3,(H,15,16)(H2,13,17,18). The fourth-order valence-electron chi connectivity index (χ4n) is 1.98. The molecular weight excluding hydrogens is 328 g/mol. The van der Waals surface area contributed by atoms with Crippen molar-refractivity contribution < 1.29 is 16.8 Å². The van der Waals surface area contributed by atoms with Crippen LogP contribution >= 0.6 is 0 Å². The molecule has 22 heavy (non-hydrogen) atoms. The lowest BCUT2D eigenvalue weighted by Gasteiger charge is -2.07. The van der Waals surface area contributed by atoms with E-state index < -0.39 is 20.0 Å². The number of H-pyrrole nitrogens is 1. The molecule has 8 nitrogen and oxygen atoms in total. The molecule has 0 aliphatic carbocycles. The normalized spacial score (nSPS) is 12.5. The lowest BCUT2D eigenvalue weighted by atomic mass is 10.2. The molecular formula is C12H16N4O4S2. The minimum absolute atomic E-state index is 0.0251. The summed E-state index contributed by atoms with van der Waals surface area (Å²) in [5.74, 6) is 0. The van der Waals surface area contributed by atoms with Gasteiger partial charge in [-0.2, -0.15) is 5.10 Å². The Kier molecular flexibility index (Phi) is 4.38. The van der Waals surface area contributed by atoms with Crippen molar-refractivity contribution >= 4 is 20.0 Å². The number of nitrogens with zero attached hydrogens (tertiary/aromatic N) is 1. The Bertz CT molecular complexity index is 864. The average molecular weight is 344 g/mol. The molecule has 10 heteroatoms. The molecule has 2 rings (SSSR count). The molecule has 0 radical (unpaired) electrons. The van der Waals surface area contributed by atoms with E-state index in [0.717, 1.165) is 0 Å². The van der Waals surface area contributed by atoms with Crippen LogP contribution in [0.5, 0.6) is 0 Å². The third-order valence-corrected chi connectivity index (χ3v) is 5.64. The van der Waals surface area contributed by atoms with Gasteiger partial charge >= 0.3 is 0 Å². The van der Waals surface area contributed by atoms with E-state index in [4.69, 9.17) is 5.14 Å². The fourth-order valence-corrected chi connectivity index (χ4v) is 3.88. The van der Waals surface area contributed by atoms with Gasteiger partial charge < -0.3 is 0 Å². The monoisotopic (exact) mass is 344 g/mol. The van der Waals surface area contributed by atoms with E-state index in [-0.39, 0.29) is 16.3 Å². The van der Waals surface area contributed by atoms with E-state index in [0.29, 0.717) is 17.0 Å². The van der Waals surface area contributed by atoms with Gasteiger partial charge in [-0.25, -0.2) is 26.7 Å². The number of hydrogen-bond acceptors (Lipinski definition) is 5. The van der Waals surface area contributed by atoms with Gasteiger partial charge in [-0.1, -0.05) is 12.1 Å². The Morgan fingerprint density at radius 1 is 1.14 bits per heavy atom. The molecule has 0 unspecified atom stereocenters. The topological polar surface area (TPSA) is 135 Å².